The third-order valence-electron chi connectivity index (χ3n) is 4.82. The highest BCUT2D eigenvalue weighted by molar-refractivity contribution is 6.23. The van der Waals surface area contributed by atoms with Gasteiger partial charge in [0.15, 0.2) is 5.76 Å². The number of imide groups is 1. The van der Waals surface area contributed by atoms with Crippen LogP contribution in [0.25, 0.3) is 0 Å². The Hall–Kier alpha value is -4.25. The number of anilines is 1. The van der Waals surface area contributed by atoms with Crippen LogP contribution in [0.4, 0.5) is 5.69 Å². The lowest BCUT2D eigenvalue weighted by Gasteiger charge is -2.27. The first-order valence-corrected chi connectivity index (χ1v) is 9.19. The van der Waals surface area contributed by atoms with Gasteiger partial charge in [0.1, 0.15) is 6.04 Å². The Morgan fingerprint density at radius 2 is 2.00 bits per heavy atom. The maximum absolute atomic E-state index is 13.2. The quantitative estimate of drug-likeness (QED) is 0.609. The summed E-state index contributed by atoms with van der Waals surface area (Å²) in [5.41, 5.74) is 1.49. The number of nitriles is 1. The number of nitrogens with zero attached hydrogens (tertiary/aromatic N) is 4. The summed E-state index contributed by atoms with van der Waals surface area (Å²) in [7, 11) is 0. The first-order valence-electron chi connectivity index (χ1n) is 9.19. The lowest BCUT2D eigenvalue weighted by molar-refractivity contribution is -0.122. The summed E-state index contributed by atoms with van der Waals surface area (Å²) in [6.07, 6.45) is 4.44. The van der Waals surface area contributed by atoms with Crippen molar-refractivity contribution in [2.45, 2.75) is 19.0 Å². The van der Waals surface area contributed by atoms with Crippen LogP contribution in [0.1, 0.15) is 28.1 Å². The molecule has 1 saturated heterocycles. The minimum absolute atomic E-state index is 0.0796. The topological polar surface area (TPSA) is 108 Å². The third kappa shape index (κ3) is 3.56. The van der Waals surface area contributed by atoms with Gasteiger partial charge in [0, 0.05) is 18.9 Å². The SMILES string of the molecule is N#Cc1ccc(N2C(=O)CC(N(Cc3cccnc3)C(=O)c3ccco3)C2=O)cc1. The molecule has 3 amide bonds. The molecule has 3 aromatic rings. The van der Waals surface area contributed by atoms with Gasteiger partial charge >= 0.3 is 0 Å². The summed E-state index contributed by atoms with van der Waals surface area (Å²) in [5.74, 6) is -1.33. The average Bonchev–Trinajstić information content (AvgIpc) is 3.41. The molecule has 0 spiro atoms. The molecule has 1 aliphatic heterocycles. The molecular weight excluding hydrogens is 384 g/mol. The molecule has 0 N–H and O–H groups in total. The van der Waals surface area contributed by atoms with Crippen LogP contribution in [-0.2, 0) is 16.1 Å². The molecule has 1 aromatic carbocycles. The van der Waals surface area contributed by atoms with E-state index in [9.17, 15) is 14.4 Å². The van der Waals surface area contributed by atoms with Crippen molar-refractivity contribution in [1.29, 1.82) is 5.26 Å². The van der Waals surface area contributed by atoms with Crippen LogP contribution in [0, 0.1) is 11.3 Å². The van der Waals surface area contributed by atoms with Crippen LogP contribution in [0.15, 0.2) is 71.6 Å². The number of rotatable bonds is 5. The minimum Gasteiger partial charge on any atom is -0.459 e. The van der Waals surface area contributed by atoms with Crippen LogP contribution < -0.4 is 4.90 Å². The molecule has 8 nitrogen and oxygen atoms in total. The predicted molar refractivity (Wildman–Crippen MR) is 105 cm³/mol. The monoisotopic (exact) mass is 400 g/mol. The standard InChI is InChI=1S/C22H16N4O4/c23-12-15-5-7-17(8-6-15)26-20(27)11-18(21(26)28)25(14-16-3-1-9-24-13-16)22(29)19-4-2-10-30-19/h1-10,13,18H,11,14H2. The summed E-state index contributed by atoms with van der Waals surface area (Å²) in [6, 6.07) is 13.8. The van der Waals surface area contributed by atoms with E-state index >= 15 is 0 Å². The van der Waals surface area contributed by atoms with E-state index in [1.807, 2.05) is 6.07 Å². The first kappa shape index (κ1) is 19.1. The zero-order chi connectivity index (χ0) is 21.1. The molecule has 148 valence electrons. The van der Waals surface area contributed by atoms with Gasteiger partial charge in [-0.05, 0) is 48.0 Å². The molecule has 0 radical (unpaired) electrons. The molecule has 4 rings (SSSR count). The molecule has 1 unspecified atom stereocenters. The average molecular weight is 400 g/mol. The van der Waals surface area contributed by atoms with Crippen LogP contribution in [0.3, 0.4) is 0 Å². The molecule has 1 atom stereocenters. The maximum Gasteiger partial charge on any atom is 0.290 e. The van der Waals surface area contributed by atoms with Crippen molar-refractivity contribution >= 4 is 23.4 Å². The van der Waals surface area contributed by atoms with Gasteiger partial charge in [-0.2, -0.15) is 5.26 Å². The Bertz CT molecular complexity index is 1120. The number of amides is 3. The molecular formula is C22H16N4O4. The molecule has 0 saturated carbocycles. The van der Waals surface area contributed by atoms with E-state index in [-0.39, 0.29) is 18.7 Å². The van der Waals surface area contributed by atoms with Crippen molar-refractivity contribution in [3.05, 3.63) is 84.1 Å². The van der Waals surface area contributed by atoms with E-state index in [4.69, 9.17) is 9.68 Å². The molecule has 2 aromatic heterocycles. The highest BCUT2D eigenvalue weighted by Gasteiger charge is 2.45. The van der Waals surface area contributed by atoms with Gasteiger partial charge < -0.3 is 9.32 Å². The van der Waals surface area contributed by atoms with Gasteiger partial charge in [0.2, 0.25) is 5.91 Å². The maximum atomic E-state index is 13.2. The first-order chi connectivity index (χ1) is 14.6. The minimum atomic E-state index is -0.981. The van der Waals surface area contributed by atoms with Gasteiger partial charge in [-0.3, -0.25) is 19.4 Å². The summed E-state index contributed by atoms with van der Waals surface area (Å²) < 4.78 is 5.23. The number of hydrogen-bond donors (Lipinski definition) is 0. The fourth-order valence-electron chi connectivity index (χ4n) is 3.37. The zero-order valence-electron chi connectivity index (χ0n) is 15.8. The normalized spacial score (nSPS) is 15.8. The number of aromatic nitrogens is 1. The van der Waals surface area contributed by atoms with Gasteiger partial charge in [-0.1, -0.05) is 6.07 Å². The van der Waals surface area contributed by atoms with Crippen molar-refractivity contribution in [2.24, 2.45) is 0 Å². The van der Waals surface area contributed by atoms with E-state index in [0.29, 0.717) is 11.3 Å². The summed E-state index contributed by atoms with van der Waals surface area (Å²) in [5, 5.41) is 8.95. The number of furan rings is 1. The fraction of sp³-hybridized carbons (Fsp3) is 0.136. The molecule has 0 bridgehead atoms. The van der Waals surface area contributed by atoms with Crippen molar-refractivity contribution in [3.8, 4) is 6.07 Å². The number of carbonyl (C=O) groups excluding carboxylic acids is 3. The molecule has 0 aliphatic carbocycles. The number of hydrogen-bond acceptors (Lipinski definition) is 6. The van der Waals surface area contributed by atoms with Crippen LogP contribution in [0.2, 0.25) is 0 Å². The van der Waals surface area contributed by atoms with E-state index in [0.717, 1.165) is 10.5 Å². The van der Waals surface area contributed by atoms with E-state index < -0.39 is 23.8 Å². The van der Waals surface area contributed by atoms with Crippen LogP contribution in [-0.4, -0.2) is 33.6 Å². The molecule has 1 aliphatic rings. The lowest BCUT2D eigenvalue weighted by Crippen LogP contribution is -2.45. The Balaban J connectivity index is 1.66. The van der Waals surface area contributed by atoms with Gasteiger partial charge in [0.05, 0.1) is 30.0 Å². The molecule has 30 heavy (non-hydrogen) atoms. The van der Waals surface area contributed by atoms with Gasteiger partial charge in [-0.25, -0.2) is 4.90 Å². The lowest BCUT2D eigenvalue weighted by atomic mass is 10.1. The molecule has 1 fully saturated rings. The molecule has 3 heterocycles. The highest BCUT2D eigenvalue weighted by atomic mass is 16.3. The summed E-state index contributed by atoms with van der Waals surface area (Å²) in [4.78, 5) is 45.4. The van der Waals surface area contributed by atoms with Crippen molar-refractivity contribution in [3.63, 3.8) is 0 Å². The van der Waals surface area contributed by atoms with E-state index in [1.165, 1.54) is 41.5 Å². The van der Waals surface area contributed by atoms with Gasteiger partial charge in [-0.15, -0.1) is 0 Å². The van der Waals surface area contributed by atoms with Crippen molar-refractivity contribution in [2.75, 3.05) is 4.90 Å². The molecule has 8 heteroatoms. The Morgan fingerprint density at radius 1 is 1.20 bits per heavy atom. The van der Waals surface area contributed by atoms with Crippen LogP contribution >= 0.6 is 0 Å². The number of pyridine rings is 1. The van der Waals surface area contributed by atoms with Crippen molar-refractivity contribution in [1.82, 2.24) is 9.88 Å². The Labute approximate surface area is 172 Å². The second kappa shape index (κ2) is 8.01. The Kier molecular flexibility index (Phi) is 5.09. The van der Waals surface area contributed by atoms with Crippen LogP contribution in [0.5, 0.6) is 0 Å². The number of benzene rings is 1. The Morgan fingerprint density at radius 3 is 2.63 bits per heavy atom. The summed E-state index contributed by atoms with van der Waals surface area (Å²) >= 11 is 0. The van der Waals surface area contributed by atoms with E-state index in [1.54, 1.807) is 30.6 Å². The second-order valence-corrected chi connectivity index (χ2v) is 6.72. The zero-order valence-corrected chi connectivity index (χ0v) is 15.8. The van der Waals surface area contributed by atoms with E-state index in [2.05, 4.69) is 4.98 Å². The number of carbonyl (C=O) groups is 3. The third-order valence-corrected chi connectivity index (χ3v) is 4.82. The second-order valence-electron chi connectivity index (χ2n) is 6.72. The smallest absolute Gasteiger partial charge is 0.290 e. The largest absolute Gasteiger partial charge is 0.459 e. The predicted octanol–water partition coefficient (Wildman–Crippen LogP) is 2.52. The highest BCUT2D eigenvalue weighted by Crippen LogP contribution is 2.28. The summed E-state index contributed by atoms with van der Waals surface area (Å²) in [6.45, 7) is 0.0955. The fourth-order valence-corrected chi connectivity index (χ4v) is 3.37. The van der Waals surface area contributed by atoms with Crippen molar-refractivity contribution < 1.29 is 18.8 Å². The van der Waals surface area contributed by atoms with Gasteiger partial charge in [0.25, 0.3) is 11.8 Å².